The number of aromatic nitrogens is 2. The maximum atomic E-state index is 13.3. The van der Waals surface area contributed by atoms with Crippen molar-refractivity contribution in [3.05, 3.63) is 65.6 Å². The number of amides is 2. The fourth-order valence-corrected chi connectivity index (χ4v) is 7.62. The van der Waals surface area contributed by atoms with E-state index in [2.05, 4.69) is 10.0 Å². The molecule has 0 bridgehead atoms. The highest BCUT2D eigenvalue weighted by Gasteiger charge is 2.41. The van der Waals surface area contributed by atoms with Gasteiger partial charge in [-0.15, -0.1) is 11.8 Å². The molecule has 46 heavy (non-hydrogen) atoms. The molecule has 1 aromatic heterocycles. The predicted octanol–water partition coefficient (Wildman–Crippen LogP) is 6.00. The highest BCUT2D eigenvalue weighted by molar-refractivity contribution is 7.98. The van der Waals surface area contributed by atoms with E-state index in [0.717, 1.165) is 31.2 Å². The first kappa shape index (κ1) is 35.5. The van der Waals surface area contributed by atoms with Crippen molar-refractivity contribution in [3.8, 4) is 11.1 Å². The van der Waals surface area contributed by atoms with Crippen molar-refractivity contribution in [3.63, 3.8) is 0 Å². The summed E-state index contributed by atoms with van der Waals surface area (Å²) in [6.07, 6.45) is 8.25. The number of rotatable bonds is 13. The largest absolute Gasteiger partial charge is 0.460 e. The Morgan fingerprint density at radius 2 is 1.78 bits per heavy atom. The number of esters is 1. The van der Waals surface area contributed by atoms with Crippen LogP contribution in [0.2, 0.25) is 0 Å². The number of imidazole rings is 1. The molecule has 0 spiro atoms. The lowest BCUT2D eigenvalue weighted by molar-refractivity contribution is -0.170. The lowest BCUT2D eigenvalue weighted by atomic mass is 9.89. The molecule has 0 radical (unpaired) electrons. The molecule has 1 aliphatic rings. The molecule has 2 amide bonds. The number of hydrogen-bond acceptors (Lipinski definition) is 8. The average molecular weight is 671 g/mol. The quantitative estimate of drug-likeness (QED) is 0.149. The van der Waals surface area contributed by atoms with Crippen LogP contribution in [-0.4, -0.2) is 54.0 Å². The number of carbonyl (C=O) groups is 2. The molecule has 1 heterocycles. The zero-order valence-corrected chi connectivity index (χ0v) is 29.0. The maximum Gasteiger partial charge on any atom is 0.344 e. The third kappa shape index (κ3) is 8.32. The second-order valence-corrected chi connectivity index (χ2v) is 14.5. The van der Waals surface area contributed by atoms with Crippen LogP contribution < -0.4 is 10.0 Å². The third-order valence-electron chi connectivity index (χ3n) is 8.55. The van der Waals surface area contributed by atoms with Gasteiger partial charge in [0.2, 0.25) is 5.60 Å². The van der Waals surface area contributed by atoms with Gasteiger partial charge in [-0.05, 0) is 62.5 Å². The van der Waals surface area contributed by atoms with Crippen molar-refractivity contribution in [2.75, 3.05) is 12.8 Å². The van der Waals surface area contributed by atoms with Crippen LogP contribution in [0.5, 0.6) is 0 Å². The van der Waals surface area contributed by atoms with Gasteiger partial charge in [0.1, 0.15) is 10.9 Å². The molecule has 12 heteroatoms. The molecule has 3 aromatic rings. The summed E-state index contributed by atoms with van der Waals surface area (Å²) >= 11 is 1.35. The lowest BCUT2D eigenvalue weighted by Gasteiger charge is -2.26. The van der Waals surface area contributed by atoms with E-state index in [1.807, 2.05) is 48.9 Å². The topological polar surface area (TPSA) is 140 Å². The third-order valence-corrected chi connectivity index (χ3v) is 10.6. The minimum atomic E-state index is -4.15. The molecule has 2 aromatic carbocycles. The van der Waals surface area contributed by atoms with Gasteiger partial charge >= 0.3 is 12.0 Å². The lowest BCUT2D eigenvalue weighted by Crippen LogP contribution is -2.41. The fourth-order valence-electron chi connectivity index (χ4n) is 5.76. The zero-order valence-electron chi connectivity index (χ0n) is 27.3. The molecule has 0 saturated heterocycles. The molecular formula is C34H46N4O6S2. The molecule has 2 unspecified atom stereocenters. The second kappa shape index (κ2) is 15.5. The number of nitrogens with one attached hydrogen (secondary N) is 2. The monoisotopic (exact) mass is 670 g/mol. The van der Waals surface area contributed by atoms with Crippen molar-refractivity contribution in [2.24, 2.45) is 5.92 Å². The molecular weight excluding hydrogens is 625 g/mol. The van der Waals surface area contributed by atoms with Crippen LogP contribution in [0.25, 0.3) is 11.1 Å². The van der Waals surface area contributed by atoms with E-state index in [9.17, 15) is 23.1 Å². The van der Waals surface area contributed by atoms with E-state index in [4.69, 9.17) is 9.72 Å². The van der Waals surface area contributed by atoms with Gasteiger partial charge in [0.15, 0.2) is 0 Å². The first-order chi connectivity index (χ1) is 21.9. The Labute approximate surface area is 276 Å². The van der Waals surface area contributed by atoms with Crippen LogP contribution >= 0.6 is 11.8 Å². The summed E-state index contributed by atoms with van der Waals surface area (Å²) in [5, 5.41) is 14.8. The number of benzene rings is 2. The first-order valence-corrected chi connectivity index (χ1v) is 18.7. The van der Waals surface area contributed by atoms with Crippen LogP contribution in [0.1, 0.15) is 83.3 Å². The standard InChI is InChI=1S/C34H46N4O6S2/c1-6-23(3)44-32(39)34(4,41)30-31(45-5)36-29(7-2)38(30)22-25-17-19-26(20-18-25)27-15-11-12-16-28(27)46(42,43)37-33(40)35-21-24-13-9-8-10-14-24/h11-12,15-20,23-24,41H,6-10,13-14,21-22H2,1-5H3,(H2,35,37,40). The number of hydrogen-bond donors (Lipinski definition) is 3. The molecule has 1 saturated carbocycles. The van der Waals surface area contributed by atoms with Crippen LogP contribution in [-0.2, 0) is 38.1 Å². The number of aliphatic hydroxyl groups is 1. The van der Waals surface area contributed by atoms with Gasteiger partial charge in [-0.3, -0.25) is 0 Å². The number of urea groups is 1. The molecule has 2 atom stereocenters. The highest BCUT2D eigenvalue weighted by atomic mass is 32.2. The van der Waals surface area contributed by atoms with Gasteiger partial charge in [0.25, 0.3) is 10.0 Å². The summed E-state index contributed by atoms with van der Waals surface area (Å²) in [6, 6.07) is 13.2. The summed E-state index contributed by atoms with van der Waals surface area (Å²) in [5.74, 6) is 0.353. The van der Waals surface area contributed by atoms with Crippen molar-refractivity contribution >= 4 is 33.8 Å². The number of carbonyl (C=O) groups excluding carboxylic acids is 2. The molecule has 250 valence electrons. The smallest absolute Gasteiger partial charge is 0.344 e. The number of sulfonamides is 1. The van der Waals surface area contributed by atoms with Crippen molar-refractivity contribution in [2.45, 2.75) is 101 Å². The van der Waals surface area contributed by atoms with Crippen LogP contribution in [0.3, 0.4) is 0 Å². The van der Waals surface area contributed by atoms with Crippen molar-refractivity contribution < 1.29 is 27.9 Å². The Morgan fingerprint density at radius 1 is 1.11 bits per heavy atom. The summed E-state index contributed by atoms with van der Waals surface area (Å²) < 4.78 is 36.2. The minimum absolute atomic E-state index is 0.00112. The zero-order chi connectivity index (χ0) is 33.5. The Kier molecular flexibility index (Phi) is 12.0. The van der Waals surface area contributed by atoms with E-state index < -0.39 is 27.6 Å². The summed E-state index contributed by atoms with van der Waals surface area (Å²) in [6.45, 7) is 7.87. The van der Waals surface area contributed by atoms with Gasteiger partial charge in [0, 0.05) is 25.1 Å². The Bertz CT molecular complexity index is 1610. The number of aryl methyl sites for hydroxylation is 1. The molecule has 0 aliphatic heterocycles. The summed E-state index contributed by atoms with van der Waals surface area (Å²) in [7, 11) is -4.15. The minimum Gasteiger partial charge on any atom is -0.460 e. The van der Waals surface area contributed by atoms with E-state index in [0.29, 0.717) is 59.5 Å². The van der Waals surface area contributed by atoms with E-state index in [-0.39, 0.29) is 11.0 Å². The van der Waals surface area contributed by atoms with E-state index >= 15 is 0 Å². The molecule has 1 aliphatic carbocycles. The van der Waals surface area contributed by atoms with Gasteiger partial charge in [-0.25, -0.2) is 27.7 Å². The SMILES string of the molecule is CCc1nc(SC)c(C(C)(O)C(=O)OC(C)CC)n1Cc1ccc(-c2ccccc2S(=O)(=O)NC(=O)NCC2CCCCC2)cc1. The Hall–Kier alpha value is -3.35. The highest BCUT2D eigenvalue weighted by Crippen LogP contribution is 2.34. The van der Waals surface area contributed by atoms with Gasteiger partial charge < -0.3 is 19.7 Å². The molecule has 1 fully saturated rings. The fraction of sp³-hybridized carbons (Fsp3) is 0.500. The van der Waals surface area contributed by atoms with Gasteiger partial charge in [0.05, 0.1) is 16.7 Å². The van der Waals surface area contributed by atoms with Crippen molar-refractivity contribution in [1.82, 2.24) is 19.6 Å². The van der Waals surface area contributed by atoms with Crippen molar-refractivity contribution in [1.29, 1.82) is 0 Å². The Balaban J connectivity index is 1.57. The molecule has 3 N–H and O–H groups in total. The summed E-state index contributed by atoms with van der Waals surface area (Å²) in [5.41, 5.74) is 0.419. The van der Waals surface area contributed by atoms with E-state index in [1.165, 1.54) is 31.2 Å². The maximum absolute atomic E-state index is 13.3. The number of nitrogens with zero attached hydrogens (tertiary/aromatic N) is 2. The summed E-state index contributed by atoms with van der Waals surface area (Å²) in [4.78, 5) is 30.4. The van der Waals surface area contributed by atoms with Crippen LogP contribution in [0.15, 0.2) is 58.5 Å². The predicted molar refractivity (Wildman–Crippen MR) is 180 cm³/mol. The van der Waals surface area contributed by atoms with Crippen LogP contribution in [0.4, 0.5) is 4.79 Å². The average Bonchev–Trinajstić information content (AvgIpc) is 3.42. The van der Waals surface area contributed by atoms with E-state index in [1.54, 1.807) is 25.1 Å². The molecule has 4 rings (SSSR count). The van der Waals surface area contributed by atoms with Gasteiger partial charge in [-0.1, -0.05) is 75.6 Å². The first-order valence-electron chi connectivity index (χ1n) is 16.0. The van der Waals surface area contributed by atoms with Gasteiger partial charge in [-0.2, -0.15) is 0 Å². The Morgan fingerprint density at radius 3 is 2.41 bits per heavy atom. The van der Waals surface area contributed by atoms with Crippen LogP contribution in [0, 0.1) is 5.92 Å². The number of ether oxygens (including phenoxy) is 1. The molecule has 10 nitrogen and oxygen atoms in total. The second-order valence-electron chi connectivity index (χ2n) is 12.0. The number of thioether (sulfide) groups is 1. The normalized spacial score (nSPS) is 16.0.